The highest BCUT2D eigenvalue weighted by Crippen LogP contribution is 2.18. The third-order valence-electron chi connectivity index (χ3n) is 4.53. The number of pyridine rings is 1. The number of carbonyl (C=O) groups is 1. The lowest BCUT2D eigenvalue weighted by molar-refractivity contribution is -0.134. The van der Waals surface area contributed by atoms with E-state index >= 15 is 0 Å². The predicted molar refractivity (Wildman–Crippen MR) is 116 cm³/mol. The van der Waals surface area contributed by atoms with Gasteiger partial charge in [0.25, 0.3) is 0 Å². The number of carbonyl (C=O) groups excluding carboxylic acids is 1. The molecule has 1 aromatic carbocycles. The number of amides is 1. The van der Waals surface area contributed by atoms with Gasteiger partial charge in [0.15, 0.2) is 0 Å². The fraction of sp³-hybridized carbons (Fsp3) is 0.368. The van der Waals surface area contributed by atoms with Crippen LogP contribution in [0.5, 0.6) is 0 Å². The summed E-state index contributed by atoms with van der Waals surface area (Å²) >= 11 is 0. The Morgan fingerprint density at radius 1 is 0.963 bits per heavy atom. The molecule has 5 nitrogen and oxygen atoms in total. The third-order valence-corrected chi connectivity index (χ3v) is 4.53. The number of nitrogens with two attached hydrogens (primary N) is 1. The number of rotatable bonds is 5. The first-order valence-electron chi connectivity index (χ1n) is 8.44. The van der Waals surface area contributed by atoms with E-state index in [9.17, 15) is 4.79 Å². The van der Waals surface area contributed by atoms with Crippen LogP contribution in [0.3, 0.4) is 0 Å². The Morgan fingerprint density at radius 3 is 2.15 bits per heavy atom. The lowest BCUT2D eigenvalue weighted by Crippen LogP contribution is -2.50. The molecule has 1 fully saturated rings. The van der Waals surface area contributed by atoms with E-state index in [0.717, 1.165) is 44.0 Å². The van der Waals surface area contributed by atoms with Gasteiger partial charge in [0, 0.05) is 45.5 Å². The lowest BCUT2D eigenvalue weighted by Gasteiger charge is -2.36. The van der Waals surface area contributed by atoms with Crippen LogP contribution in [0, 0.1) is 0 Å². The SMILES string of the molecule is Cl.Cl.Cl.NCC(C(=O)N1CCN(Cc2ccccn2)CC1)c1ccccc1. The highest BCUT2D eigenvalue weighted by Gasteiger charge is 2.27. The van der Waals surface area contributed by atoms with E-state index in [1.807, 2.05) is 59.6 Å². The van der Waals surface area contributed by atoms with Crippen molar-refractivity contribution in [3.8, 4) is 0 Å². The minimum absolute atomic E-state index is 0. The summed E-state index contributed by atoms with van der Waals surface area (Å²) in [5.41, 5.74) is 7.95. The van der Waals surface area contributed by atoms with Gasteiger partial charge in [0.1, 0.15) is 0 Å². The molecule has 0 aliphatic carbocycles. The minimum atomic E-state index is -0.242. The maximum atomic E-state index is 12.8. The van der Waals surface area contributed by atoms with Crippen molar-refractivity contribution < 1.29 is 4.79 Å². The van der Waals surface area contributed by atoms with E-state index in [-0.39, 0.29) is 49.0 Å². The van der Waals surface area contributed by atoms with Crippen LogP contribution in [0.15, 0.2) is 54.7 Å². The van der Waals surface area contributed by atoms with E-state index in [0.29, 0.717) is 6.54 Å². The molecule has 150 valence electrons. The minimum Gasteiger partial charge on any atom is -0.340 e. The Morgan fingerprint density at radius 2 is 1.59 bits per heavy atom. The van der Waals surface area contributed by atoms with Gasteiger partial charge in [-0.25, -0.2) is 0 Å². The normalized spacial score (nSPS) is 14.9. The molecule has 0 bridgehead atoms. The van der Waals surface area contributed by atoms with Gasteiger partial charge in [-0.3, -0.25) is 14.7 Å². The summed E-state index contributed by atoms with van der Waals surface area (Å²) in [5.74, 6) is -0.102. The fourth-order valence-corrected chi connectivity index (χ4v) is 3.13. The second-order valence-corrected chi connectivity index (χ2v) is 6.12. The molecular weight excluding hydrogens is 407 g/mol. The van der Waals surface area contributed by atoms with Crippen LogP contribution in [0.2, 0.25) is 0 Å². The Bertz CT molecular complexity index is 653. The number of halogens is 3. The molecule has 2 aromatic rings. The quantitative estimate of drug-likeness (QED) is 0.787. The molecule has 2 N–H and O–H groups in total. The number of piperazine rings is 1. The van der Waals surface area contributed by atoms with Crippen molar-refractivity contribution in [2.24, 2.45) is 5.73 Å². The number of nitrogens with zero attached hydrogens (tertiary/aromatic N) is 3. The summed E-state index contributed by atoms with van der Waals surface area (Å²) in [6.45, 7) is 4.41. The van der Waals surface area contributed by atoms with Crippen molar-refractivity contribution >= 4 is 43.1 Å². The van der Waals surface area contributed by atoms with Gasteiger partial charge < -0.3 is 10.6 Å². The van der Waals surface area contributed by atoms with Gasteiger partial charge >= 0.3 is 0 Å². The topological polar surface area (TPSA) is 62.5 Å². The van der Waals surface area contributed by atoms with Crippen LogP contribution >= 0.6 is 37.2 Å². The maximum absolute atomic E-state index is 12.8. The van der Waals surface area contributed by atoms with E-state index in [1.165, 1.54) is 0 Å². The first kappa shape index (κ1) is 25.6. The summed E-state index contributed by atoms with van der Waals surface area (Å²) in [6.07, 6.45) is 1.82. The average Bonchev–Trinajstić information content (AvgIpc) is 2.65. The Hall–Kier alpha value is -1.37. The second kappa shape index (κ2) is 12.9. The van der Waals surface area contributed by atoms with Gasteiger partial charge in [-0.15, -0.1) is 37.2 Å². The first-order chi connectivity index (χ1) is 11.8. The van der Waals surface area contributed by atoms with E-state index in [4.69, 9.17) is 5.73 Å². The van der Waals surface area contributed by atoms with Crippen molar-refractivity contribution in [3.63, 3.8) is 0 Å². The zero-order valence-corrected chi connectivity index (χ0v) is 17.5. The highest BCUT2D eigenvalue weighted by molar-refractivity contribution is 5.86. The predicted octanol–water partition coefficient (Wildman–Crippen LogP) is 2.73. The molecule has 1 unspecified atom stereocenters. The van der Waals surface area contributed by atoms with E-state index in [1.54, 1.807) is 0 Å². The Kier molecular flexibility index (Phi) is 12.3. The molecular formula is C19H27Cl3N4O. The van der Waals surface area contributed by atoms with Gasteiger partial charge in [0.2, 0.25) is 5.91 Å². The van der Waals surface area contributed by atoms with Crippen molar-refractivity contribution in [2.75, 3.05) is 32.7 Å². The molecule has 1 saturated heterocycles. The van der Waals surface area contributed by atoms with Gasteiger partial charge in [-0.2, -0.15) is 0 Å². The average molecular weight is 434 g/mol. The Balaban J connectivity index is 0.00000225. The molecule has 1 aromatic heterocycles. The number of aromatic nitrogens is 1. The molecule has 0 radical (unpaired) electrons. The molecule has 1 amide bonds. The van der Waals surface area contributed by atoms with E-state index in [2.05, 4.69) is 9.88 Å². The van der Waals surface area contributed by atoms with Crippen LogP contribution in [-0.4, -0.2) is 53.4 Å². The maximum Gasteiger partial charge on any atom is 0.231 e. The van der Waals surface area contributed by atoms with Crippen molar-refractivity contribution in [1.29, 1.82) is 0 Å². The monoisotopic (exact) mass is 432 g/mol. The van der Waals surface area contributed by atoms with Crippen molar-refractivity contribution in [2.45, 2.75) is 12.5 Å². The number of hydrogen-bond acceptors (Lipinski definition) is 4. The molecule has 3 rings (SSSR count). The second-order valence-electron chi connectivity index (χ2n) is 6.12. The molecule has 1 aliphatic heterocycles. The molecule has 8 heteroatoms. The number of benzene rings is 1. The van der Waals surface area contributed by atoms with Gasteiger partial charge in [-0.05, 0) is 17.7 Å². The molecule has 1 atom stereocenters. The summed E-state index contributed by atoms with van der Waals surface area (Å²) < 4.78 is 0. The summed E-state index contributed by atoms with van der Waals surface area (Å²) in [7, 11) is 0. The zero-order valence-electron chi connectivity index (χ0n) is 15.1. The molecule has 27 heavy (non-hydrogen) atoms. The standard InChI is InChI=1S/C19H24N4O.3ClH/c20-14-18(16-6-2-1-3-7-16)19(24)23-12-10-22(11-13-23)15-17-8-4-5-9-21-17;;;/h1-9,18H,10-15,20H2;3*1H. The third kappa shape index (κ3) is 6.94. The van der Waals surface area contributed by atoms with E-state index < -0.39 is 0 Å². The fourth-order valence-electron chi connectivity index (χ4n) is 3.13. The van der Waals surface area contributed by atoms with Gasteiger partial charge in [-0.1, -0.05) is 36.4 Å². The zero-order chi connectivity index (χ0) is 16.8. The Labute approximate surface area is 179 Å². The lowest BCUT2D eigenvalue weighted by atomic mass is 9.97. The van der Waals surface area contributed by atoms with Crippen molar-refractivity contribution in [3.05, 3.63) is 66.0 Å². The van der Waals surface area contributed by atoms with Crippen LogP contribution < -0.4 is 5.73 Å². The smallest absolute Gasteiger partial charge is 0.231 e. The first-order valence-corrected chi connectivity index (χ1v) is 8.44. The highest BCUT2D eigenvalue weighted by atomic mass is 35.5. The van der Waals surface area contributed by atoms with Crippen LogP contribution in [-0.2, 0) is 11.3 Å². The summed E-state index contributed by atoms with van der Waals surface area (Å²) in [6, 6.07) is 15.8. The largest absolute Gasteiger partial charge is 0.340 e. The molecule has 0 spiro atoms. The van der Waals surface area contributed by atoms with Crippen LogP contribution in [0.1, 0.15) is 17.2 Å². The molecule has 0 saturated carbocycles. The summed E-state index contributed by atoms with van der Waals surface area (Å²) in [4.78, 5) is 21.5. The summed E-state index contributed by atoms with van der Waals surface area (Å²) in [5, 5.41) is 0. The van der Waals surface area contributed by atoms with Crippen LogP contribution in [0.4, 0.5) is 0 Å². The number of hydrogen-bond donors (Lipinski definition) is 1. The van der Waals surface area contributed by atoms with Crippen LogP contribution in [0.25, 0.3) is 0 Å². The van der Waals surface area contributed by atoms with Crippen molar-refractivity contribution in [1.82, 2.24) is 14.8 Å². The molecule has 1 aliphatic rings. The molecule has 2 heterocycles. The van der Waals surface area contributed by atoms with Gasteiger partial charge in [0.05, 0.1) is 11.6 Å².